The van der Waals surface area contributed by atoms with Crippen LogP contribution in [0.3, 0.4) is 0 Å². The zero-order chi connectivity index (χ0) is 10.8. The number of hydrogen-bond donors (Lipinski definition) is 2. The quantitative estimate of drug-likeness (QED) is 0.548. The van der Waals surface area contributed by atoms with Gasteiger partial charge in [-0.15, -0.1) is 0 Å². The van der Waals surface area contributed by atoms with Gasteiger partial charge in [-0.1, -0.05) is 18.2 Å². The SMILES string of the molecule is CS(=O)(=O)N(C(=N)N)c1ccccc1. The Morgan fingerprint density at radius 3 is 2.21 bits per heavy atom. The molecule has 0 aliphatic carbocycles. The van der Waals surface area contributed by atoms with E-state index < -0.39 is 16.0 Å². The molecule has 1 aromatic carbocycles. The number of benzene rings is 1. The summed E-state index contributed by atoms with van der Waals surface area (Å²) in [6.07, 6.45) is 1.00. The second-order valence-corrected chi connectivity index (χ2v) is 4.58. The van der Waals surface area contributed by atoms with Crippen LogP contribution in [0, 0.1) is 5.41 Å². The largest absolute Gasteiger partial charge is 0.369 e. The summed E-state index contributed by atoms with van der Waals surface area (Å²) < 4.78 is 23.3. The van der Waals surface area contributed by atoms with Gasteiger partial charge in [-0.05, 0) is 12.1 Å². The molecule has 1 aromatic rings. The van der Waals surface area contributed by atoms with E-state index in [0.717, 1.165) is 10.6 Å². The van der Waals surface area contributed by atoms with Crippen LogP contribution in [0.5, 0.6) is 0 Å². The van der Waals surface area contributed by atoms with E-state index in [1.54, 1.807) is 30.3 Å². The van der Waals surface area contributed by atoms with Gasteiger partial charge in [-0.25, -0.2) is 12.7 Å². The van der Waals surface area contributed by atoms with Gasteiger partial charge in [0.2, 0.25) is 16.0 Å². The lowest BCUT2D eigenvalue weighted by Gasteiger charge is -2.19. The summed E-state index contributed by atoms with van der Waals surface area (Å²) in [6.45, 7) is 0. The molecule has 3 N–H and O–H groups in total. The number of hydrogen-bond acceptors (Lipinski definition) is 3. The third kappa shape index (κ3) is 2.23. The maximum atomic E-state index is 11.3. The molecule has 0 saturated heterocycles. The first-order chi connectivity index (χ1) is 6.43. The Labute approximate surface area is 82.7 Å². The van der Waals surface area contributed by atoms with Crippen molar-refractivity contribution in [3.63, 3.8) is 0 Å². The first kappa shape index (κ1) is 10.5. The lowest BCUT2D eigenvalue weighted by Crippen LogP contribution is -2.40. The predicted molar refractivity (Wildman–Crippen MR) is 55.7 cm³/mol. The highest BCUT2D eigenvalue weighted by molar-refractivity contribution is 7.92. The molecule has 1 rings (SSSR count). The fourth-order valence-corrected chi connectivity index (χ4v) is 1.93. The molecular weight excluding hydrogens is 202 g/mol. The number of nitrogens with one attached hydrogen (secondary N) is 1. The summed E-state index contributed by atoms with van der Waals surface area (Å²) >= 11 is 0. The molecular formula is C8H11N3O2S. The molecule has 14 heavy (non-hydrogen) atoms. The second-order valence-electron chi connectivity index (χ2n) is 2.75. The first-order valence-corrected chi connectivity index (χ1v) is 5.67. The molecule has 0 heterocycles. The summed E-state index contributed by atoms with van der Waals surface area (Å²) in [5.74, 6) is -0.515. The number of guanidine groups is 1. The Kier molecular flexibility index (Phi) is 2.76. The van der Waals surface area contributed by atoms with Crippen LogP contribution in [0.1, 0.15) is 0 Å². The van der Waals surface area contributed by atoms with Crippen LogP contribution in [-0.4, -0.2) is 20.6 Å². The highest BCUT2D eigenvalue weighted by atomic mass is 32.2. The molecule has 0 radical (unpaired) electrons. The molecule has 0 aliphatic rings. The van der Waals surface area contributed by atoms with Gasteiger partial charge in [0.1, 0.15) is 0 Å². The number of nitrogens with zero attached hydrogens (tertiary/aromatic N) is 1. The van der Waals surface area contributed by atoms with Gasteiger partial charge in [-0.2, -0.15) is 0 Å². The summed E-state index contributed by atoms with van der Waals surface area (Å²) in [6, 6.07) is 8.25. The molecule has 6 heteroatoms. The van der Waals surface area contributed by atoms with Crippen molar-refractivity contribution in [2.24, 2.45) is 5.73 Å². The van der Waals surface area contributed by atoms with Gasteiger partial charge in [0.05, 0.1) is 11.9 Å². The van der Waals surface area contributed by atoms with Crippen molar-refractivity contribution in [3.8, 4) is 0 Å². The first-order valence-electron chi connectivity index (χ1n) is 3.82. The topological polar surface area (TPSA) is 87.2 Å². The van der Waals surface area contributed by atoms with E-state index in [0.29, 0.717) is 5.69 Å². The van der Waals surface area contributed by atoms with Gasteiger partial charge in [0.25, 0.3) is 0 Å². The average molecular weight is 213 g/mol. The number of rotatable bonds is 2. The normalized spacial score (nSPS) is 10.9. The molecule has 76 valence electrons. The van der Waals surface area contributed by atoms with Crippen LogP contribution in [0.25, 0.3) is 0 Å². The van der Waals surface area contributed by atoms with Crippen molar-refractivity contribution in [1.82, 2.24) is 0 Å². The fourth-order valence-electron chi connectivity index (χ4n) is 1.07. The molecule has 0 aromatic heterocycles. The monoisotopic (exact) mass is 213 g/mol. The summed E-state index contributed by atoms with van der Waals surface area (Å²) in [5.41, 5.74) is 5.55. The van der Waals surface area contributed by atoms with Crippen LogP contribution in [0.2, 0.25) is 0 Å². The zero-order valence-corrected chi connectivity index (χ0v) is 8.45. The number of anilines is 1. The van der Waals surface area contributed by atoms with Crippen LogP contribution in [0.15, 0.2) is 30.3 Å². The Bertz CT molecular complexity index is 427. The summed E-state index contributed by atoms with van der Waals surface area (Å²) in [7, 11) is -3.53. The van der Waals surface area contributed by atoms with Gasteiger partial charge in [-0.3, -0.25) is 5.41 Å². The van der Waals surface area contributed by atoms with Crippen LogP contribution in [0.4, 0.5) is 5.69 Å². The molecule has 0 atom stereocenters. The van der Waals surface area contributed by atoms with Gasteiger partial charge in [0.15, 0.2) is 0 Å². The van der Waals surface area contributed by atoms with E-state index in [9.17, 15) is 8.42 Å². The smallest absolute Gasteiger partial charge is 0.238 e. The third-order valence-electron chi connectivity index (χ3n) is 1.54. The van der Waals surface area contributed by atoms with E-state index in [4.69, 9.17) is 11.1 Å². The minimum Gasteiger partial charge on any atom is -0.369 e. The summed E-state index contributed by atoms with van der Waals surface area (Å²) in [5, 5.41) is 7.17. The Balaban J connectivity index is 3.22. The highest BCUT2D eigenvalue weighted by Crippen LogP contribution is 2.15. The van der Waals surface area contributed by atoms with Crippen molar-refractivity contribution < 1.29 is 8.42 Å². The van der Waals surface area contributed by atoms with Crippen molar-refractivity contribution in [1.29, 1.82) is 5.41 Å². The molecule has 0 unspecified atom stereocenters. The van der Waals surface area contributed by atoms with E-state index >= 15 is 0 Å². The van der Waals surface area contributed by atoms with Crippen LogP contribution >= 0.6 is 0 Å². The molecule has 0 amide bonds. The van der Waals surface area contributed by atoms with E-state index in [-0.39, 0.29) is 0 Å². The molecule has 0 fully saturated rings. The van der Waals surface area contributed by atoms with E-state index in [2.05, 4.69) is 0 Å². The van der Waals surface area contributed by atoms with Crippen molar-refractivity contribution in [3.05, 3.63) is 30.3 Å². The fraction of sp³-hybridized carbons (Fsp3) is 0.125. The third-order valence-corrected chi connectivity index (χ3v) is 2.61. The van der Waals surface area contributed by atoms with E-state index in [1.807, 2.05) is 0 Å². The molecule has 0 bridgehead atoms. The average Bonchev–Trinajstić information content (AvgIpc) is 2.02. The predicted octanol–water partition coefficient (Wildman–Crippen LogP) is 0.346. The number of para-hydroxylation sites is 1. The minimum absolute atomic E-state index is 0.363. The van der Waals surface area contributed by atoms with E-state index in [1.165, 1.54) is 0 Å². The van der Waals surface area contributed by atoms with Gasteiger partial charge >= 0.3 is 0 Å². The Morgan fingerprint density at radius 2 is 1.86 bits per heavy atom. The van der Waals surface area contributed by atoms with Crippen molar-refractivity contribution >= 4 is 21.7 Å². The Hall–Kier alpha value is -1.56. The van der Waals surface area contributed by atoms with Crippen LogP contribution < -0.4 is 10.0 Å². The second kappa shape index (κ2) is 3.67. The Morgan fingerprint density at radius 1 is 1.36 bits per heavy atom. The summed E-state index contributed by atoms with van der Waals surface area (Å²) in [4.78, 5) is 0. The molecule has 5 nitrogen and oxygen atoms in total. The van der Waals surface area contributed by atoms with Crippen molar-refractivity contribution in [2.75, 3.05) is 10.6 Å². The van der Waals surface area contributed by atoms with Gasteiger partial charge < -0.3 is 5.73 Å². The van der Waals surface area contributed by atoms with Gasteiger partial charge in [0, 0.05) is 0 Å². The highest BCUT2D eigenvalue weighted by Gasteiger charge is 2.19. The molecule has 0 spiro atoms. The maximum Gasteiger partial charge on any atom is 0.238 e. The molecule has 0 aliphatic heterocycles. The standard InChI is InChI=1S/C8H11N3O2S/c1-14(12,13)11(8(9)10)7-5-3-2-4-6-7/h2-6H,1H3,(H3,9,10). The zero-order valence-electron chi connectivity index (χ0n) is 7.64. The maximum absolute atomic E-state index is 11.3. The van der Waals surface area contributed by atoms with Crippen molar-refractivity contribution in [2.45, 2.75) is 0 Å². The van der Waals surface area contributed by atoms with Crippen LogP contribution in [-0.2, 0) is 10.0 Å². The lowest BCUT2D eigenvalue weighted by molar-refractivity contribution is 0.602. The number of nitrogens with two attached hydrogens (primary N) is 1. The number of sulfonamides is 1. The molecule has 0 saturated carbocycles. The minimum atomic E-state index is -3.53. The lowest BCUT2D eigenvalue weighted by atomic mass is 10.3.